The first kappa shape index (κ1) is 25.8. The average molecular weight is 562 g/mol. The number of imidazole rings is 1. The molecule has 2 aromatic carbocycles. The molecule has 0 radical (unpaired) electrons. The second kappa shape index (κ2) is 9.44. The highest BCUT2D eigenvalue weighted by atomic mass is 19.4. The molecule has 1 aliphatic heterocycles. The lowest BCUT2D eigenvalue weighted by Crippen LogP contribution is -2.43. The predicted molar refractivity (Wildman–Crippen MR) is 150 cm³/mol. The molecule has 9 nitrogen and oxygen atoms in total. The third kappa shape index (κ3) is 4.46. The molecule has 3 N–H and O–H groups in total. The minimum atomic E-state index is -4.39. The van der Waals surface area contributed by atoms with Crippen molar-refractivity contribution in [2.45, 2.75) is 51.2 Å². The predicted octanol–water partition coefficient (Wildman–Crippen LogP) is 6.16. The quantitative estimate of drug-likeness (QED) is 0.230. The van der Waals surface area contributed by atoms with Gasteiger partial charge in [-0.2, -0.15) is 23.3 Å². The van der Waals surface area contributed by atoms with Gasteiger partial charge in [-0.05, 0) is 61.6 Å². The van der Waals surface area contributed by atoms with Gasteiger partial charge in [0.1, 0.15) is 5.82 Å². The zero-order valence-electron chi connectivity index (χ0n) is 23.0. The van der Waals surface area contributed by atoms with E-state index in [2.05, 4.69) is 30.6 Å². The molecule has 5 aromatic rings. The minimum absolute atomic E-state index is 0.0744. The Balaban J connectivity index is 1.18. The van der Waals surface area contributed by atoms with Crippen LogP contribution in [0.25, 0.3) is 33.7 Å². The summed E-state index contributed by atoms with van der Waals surface area (Å²) in [5.41, 5.74) is 6.32. The van der Waals surface area contributed by atoms with Crippen molar-refractivity contribution in [1.29, 1.82) is 0 Å². The second-order valence-corrected chi connectivity index (χ2v) is 10.9. The normalized spacial score (nSPS) is 17.8. The number of halogens is 3. The zero-order valence-corrected chi connectivity index (χ0v) is 23.0. The van der Waals surface area contributed by atoms with Crippen molar-refractivity contribution in [3.05, 3.63) is 59.0 Å². The van der Waals surface area contributed by atoms with Crippen molar-refractivity contribution in [3.63, 3.8) is 0 Å². The first-order valence-corrected chi connectivity index (χ1v) is 13.9. The molecule has 0 bridgehead atoms. The van der Waals surface area contributed by atoms with Crippen LogP contribution in [0.1, 0.15) is 54.2 Å². The van der Waals surface area contributed by atoms with Gasteiger partial charge in [0.25, 0.3) is 0 Å². The van der Waals surface area contributed by atoms with Crippen LogP contribution < -0.4 is 5.32 Å². The molecule has 1 atom stereocenters. The Morgan fingerprint density at radius 3 is 2.68 bits per heavy atom. The molecule has 12 heteroatoms. The highest BCUT2D eigenvalue weighted by molar-refractivity contribution is 5.89. The molecule has 3 aromatic heterocycles. The van der Waals surface area contributed by atoms with E-state index in [1.54, 1.807) is 11.6 Å². The molecular formula is C29H30F3N9. The van der Waals surface area contributed by atoms with E-state index in [0.717, 1.165) is 46.1 Å². The summed E-state index contributed by atoms with van der Waals surface area (Å²) in [4.78, 5) is 13.9. The van der Waals surface area contributed by atoms with E-state index in [9.17, 15) is 13.2 Å². The molecule has 212 valence electrons. The van der Waals surface area contributed by atoms with Crippen LogP contribution in [0, 0.1) is 6.92 Å². The van der Waals surface area contributed by atoms with Crippen LogP contribution in [0.15, 0.2) is 36.5 Å². The molecule has 7 rings (SSSR count). The Morgan fingerprint density at radius 2 is 1.95 bits per heavy atom. The van der Waals surface area contributed by atoms with Crippen LogP contribution in [0.2, 0.25) is 0 Å². The van der Waals surface area contributed by atoms with Crippen LogP contribution in [-0.2, 0) is 13.5 Å². The van der Waals surface area contributed by atoms with E-state index in [0.29, 0.717) is 48.7 Å². The summed E-state index contributed by atoms with van der Waals surface area (Å²) in [6.07, 6.45) is 0.293. The van der Waals surface area contributed by atoms with Crippen molar-refractivity contribution in [2.75, 3.05) is 18.4 Å². The number of hydrogen-bond acceptors (Lipinski definition) is 6. The largest absolute Gasteiger partial charge is 0.409 e. The number of nitrogens with zero attached hydrogens (tertiary/aromatic N) is 6. The highest BCUT2D eigenvalue weighted by Gasteiger charge is 2.48. The number of hydrogen-bond donors (Lipinski definition) is 3. The van der Waals surface area contributed by atoms with E-state index < -0.39 is 12.2 Å². The number of H-pyrrole nitrogens is 2. The molecule has 1 aliphatic carbocycles. The summed E-state index contributed by atoms with van der Waals surface area (Å²) in [5.74, 6) is 2.12. The van der Waals surface area contributed by atoms with Gasteiger partial charge in [0.15, 0.2) is 11.9 Å². The van der Waals surface area contributed by atoms with Gasteiger partial charge in [-0.1, -0.05) is 19.1 Å². The molecule has 0 spiro atoms. The lowest BCUT2D eigenvalue weighted by molar-refractivity contribution is -0.189. The van der Waals surface area contributed by atoms with Crippen molar-refractivity contribution in [2.24, 2.45) is 7.05 Å². The van der Waals surface area contributed by atoms with Crippen LogP contribution in [-0.4, -0.2) is 59.1 Å². The maximum Gasteiger partial charge on any atom is 0.409 e. The zero-order chi connectivity index (χ0) is 28.5. The first-order valence-electron chi connectivity index (χ1n) is 13.9. The number of benzene rings is 2. The Hall–Kier alpha value is -4.19. The summed E-state index contributed by atoms with van der Waals surface area (Å²) in [6.45, 7) is 4.32. The van der Waals surface area contributed by atoms with Crippen LogP contribution in [0.5, 0.6) is 0 Å². The van der Waals surface area contributed by atoms with Crippen LogP contribution in [0.3, 0.4) is 0 Å². The summed E-state index contributed by atoms with van der Waals surface area (Å²) < 4.78 is 43.6. The van der Waals surface area contributed by atoms with Gasteiger partial charge in [-0.15, -0.1) is 5.10 Å². The van der Waals surface area contributed by atoms with E-state index in [1.165, 1.54) is 10.5 Å². The summed E-state index contributed by atoms with van der Waals surface area (Å²) >= 11 is 0. The number of fused-ring (bicyclic) bond motifs is 2. The molecule has 1 saturated carbocycles. The first-order chi connectivity index (χ1) is 19.7. The van der Waals surface area contributed by atoms with E-state index in [-0.39, 0.29) is 5.69 Å². The van der Waals surface area contributed by atoms with Crippen molar-refractivity contribution >= 4 is 22.5 Å². The standard InChI is InChI=1S/C29H30F3N9/c1-4-41-12-11-22-24(25(41)29(30,31)32)36-27(34-22)18-8-7-17(13-15(18)2)26-37-28(40(3)39-26)35-21-10-9-20-19(14-33-38-20)23(21)16-5-6-16/h7-10,13-14,16,25H,4-6,11-12H2,1-3H3,(H,33,38)(H,34,36)(H,35,37,39). The van der Waals surface area contributed by atoms with Gasteiger partial charge in [0.2, 0.25) is 5.95 Å². The molecule has 4 heterocycles. The van der Waals surface area contributed by atoms with Gasteiger partial charge in [0, 0.05) is 47.9 Å². The van der Waals surface area contributed by atoms with E-state index >= 15 is 0 Å². The van der Waals surface area contributed by atoms with E-state index in [1.807, 2.05) is 50.5 Å². The Bertz CT molecular complexity index is 1760. The Labute approximate surface area is 234 Å². The fourth-order valence-corrected chi connectivity index (χ4v) is 5.99. The van der Waals surface area contributed by atoms with Gasteiger partial charge < -0.3 is 10.3 Å². The van der Waals surface area contributed by atoms with Crippen molar-refractivity contribution in [3.8, 4) is 22.8 Å². The molecule has 41 heavy (non-hydrogen) atoms. The highest BCUT2D eigenvalue weighted by Crippen LogP contribution is 2.47. The summed E-state index contributed by atoms with van der Waals surface area (Å²) in [5, 5.41) is 16.5. The molecule has 0 amide bonds. The summed E-state index contributed by atoms with van der Waals surface area (Å²) in [7, 11) is 1.84. The van der Waals surface area contributed by atoms with Crippen molar-refractivity contribution in [1.82, 2.24) is 39.8 Å². The SMILES string of the molecule is CCN1CCc2[nH]c(-c3ccc(-c4nc(Nc5ccc6[nH]ncc6c5C5CC5)n(C)n4)cc3C)nc2C1C(F)(F)F. The van der Waals surface area contributed by atoms with Gasteiger partial charge >= 0.3 is 6.18 Å². The Kier molecular flexibility index (Phi) is 5.93. The van der Waals surface area contributed by atoms with Crippen LogP contribution in [0.4, 0.5) is 24.8 Å². The fraction of sp³-hybridized carbons (Fsp3) is 0.379. The minimum Gasteiger partial charge on any atom is -0.342 e. The number of alkyl halides is 3. The number of rotatable bonds is 6. The number of anilines is 2. The molecule has 1 fully saturated rings. The second-order valence-electron chi connectivity index (χ2n) is 10.9. The number of aromatic nitrogens is 7. The lowest BCUT2D eigenvalue weighted by atomic mass is 10.0. The molecule has 1 unspecified atom stereocenters. The average Bonchev–Trinajstić information content (AvgIpc) is 3.32. The van der Waals surface area contributed by atoms with Crippen LogP contribution >= 0.6 is 0 Å². The number of likely N-dealkylation sites (N-methyl/N-ethyl adjacent to an activating group) is 1. The fourth-order valence-electron chi connectivity index (χ4n) is 5.99. The maximum absolute atomic E-state index is 14.0. The molecule has 0 saturated heterocycles. The maximum atomic E-state index is 14.0. The third-order valence-corrected chi connectivity index (χ3v) is 8.20. The Morgan fingerprint density at radius 1 is 1.12 bits per heavy atom. The van der Waals surface area contributed by atoms with E-state index in [4.69, 9.17) is 4.98 Å². The lowest BCUT2D eigenvalue weighted by Gasteiger charge is -2.34. The van der Waals surface area contributed by atoms with Gasteiger partial charge in [-0.3, -0.25) is 10.00 Å². The third-order valence-electron chi connectivity index (χ3n) is 8.20. The number of aromatic amines is 2. The number of nitrogens with one attached hydrogen (secondary N) is 3. The smallest absolute Gasteiger partial charge is 0.342 e. The number of aryl methyl sites for hydroxylation is 2. The summed E-state index contributed by atoms with van der Waals surface area (Å²) in [6, 6.07) is 8.07. The topological polar surface area (TPSA) is 103 Å². The van der Waals surface area contributed by atoms with Gasteiger partial charge in [0.05, 0.1) is 17.4 Å². The molecular weight excluding hydrogens is 531 g/mol. The molecule has 2 aliphatic rings. The monoisotopic (exact) mass is 561 g/mol. The van der Waals surface area contributed by atoms with Gasteiger partial charge in [-0.25, -0.2) is 9.67 Å². The van der Waals surface area contributed by atoms with Crippen molar-refractivity contribution < 1.29 is 13.2 Å².